The molecule has 0 N–H and O–H groups in total. The van der Waals surface area contributed by atoms with Crippen LogP contribution in [0.25, 0.3) is 0 Å². The summed E-state index contributed by atoms with van der Waals surface area (Å²) in [7, 11) is 0. The smallest absolute Gasteiger partial charge is 0.155 e. The second-order valence-corrected chi connectivity index (χ2v) is 7.10. The van der Waals surface area contributed by atoms with E-state index in [0.717, 1.165) is 31.8 Å². The first-order valence-electron chi connectivity index (χ1n) is 8.35. The van der Waals surface area contributed by atoms with Crippen LogP contribution in [0.5, 0.6) is 0 Å². The van der Waals surface area contributed by atoms with Crippen LogP contribution in [-0.2, 0) is 4.79 Å². The highest BCUT2D eigenvalue weighted by molar-refractivity contribution is 5.89. The van der Waals surface area contributed by atoms with E-state index in [1.54, 1.807) is 0 Å². The van der Waals surface area contributed by atoms with Gasteiger partial charge in [-0.2, -0.15) is 0 Å². The van der Waals surface area contributed by atoms with Gasteiger partial charge in [0.2, 0.25) is 0 Å². The second kappa shape index (κ2) is 6.39. The van der Waals surface area contributed by atoms with Gasteiger partial charge in [-0.1, -0.05) is 19.8 Å². The van der Waals surface area contributed by atoms with Gasteiger partial charge in [0, 0.05) is 5.92 Å². The molecule has 2 heteroatoms. The van der Waals surface area contributed by atoms with Gasteiger partial charge in [0.25, 0.3) is 0 Å². The predicted octanol–water partition coefficient (Wildman–Crippen LogP) is 4.04. The summed E-state index contributed by atoms with van der Waals surface area (Å²) in [5.41, 5.74) is -0.232. The van der Waals surface area contributed by atoms with Gasteiger partial charge in [0.15, 0.2) is 5.78 Å². The molecule has 0 unspecified atom stereocenters. The number of hydrogen-bond donors (Lipinski definition) is 0. The number of likely N-dealkylation sites (tertiary alicyclic amines) is 1. The molecule has 19 heavy (non-hydrogen) atoms. The van der Waals surface area contributed by atoms with Gasteiger partial charge in [0.05, 0.1) is 5.54 Å². The number of Topliss-reactive ketones (excluding diaryl/α,β-unsaturated/α-hetero) is 1. The number of carbonyl (C=O) groups excluding carboxylic acids is 1. The Hall–Kier alpha value is -0.370. The van der Waals surface area contributed by atoms with E-state index in [1.165, 1.54) is 38.5 Å². The van der Waals surface area contributed by atoms with Crippen LogP contribution in [0.1, 0.15) is 72.1 Å². The maximum atomic E-state index is 12.9. The van der Waals surface area contributed by atoms with Crippen LogP contribution in [0.15, 0.2) is 0 Å². The van der Waals surface area contributed by atoms with E-state index in [4.69, 9.17) is 0 Å². The monoisotopic (exact) mass is 265 g/mol. The van der Waals surface area contributed by atoms with Crippen LogP contribution in [0.4, 0.5) is 0 Å². The molecule has 2 rings (SSSR count). The van der Waals surface area contributed by atoms with Crippen molar-refractivity contribution in [2.24, 2.45) is 11.8 Å². The number of hydrogen-bond acceptors (Lipinski definition) is 2. The van der Waals surface area contributed by atoms with E-state index >= 15 is 0 Å². The van der Waals surface area contributed by atoms with Crippen LogP contribution in [-0.4, -0.2) is 29.3 Å². The molecule has 1 saturated carbocycles. The molecule has 0 aromatic rings. The highest BCUT2D eigenvalue weighted by atomic mass is 16.1. The molecule has 1 heterocycles. The zero-order valence-electron chi connectivity index (χ0n) is 13.1. The molecule has 2 aliphatic rings. The van der Waals surface area contributed by atoms with Crippen molar-refractivity contribution in [2.45, 2.75) is 77.7 Å². The number of piperidine rings is 1. The molecular weight excluding hydrogens is 234 g/mol. The summed E-state index contributed by atoms with van der Waals surface area (Å²) in [5.74, 6) is 1.73. The van der Waals surface area contributed by atoms with Crippen molar-refractivity contribution in [1.82, 2.24) is 4.90 Å². The van der Waals surface area contributed by atoms with Crippen molar-refractivity contribution in [3.8, 4) is 0 Å². The summed E-state index contributed by atoms with van der Waals surface area (Å²) in [6.07, 6.45) is 9.95. The highest BCUT2D eigenvalue weighted by Crippen LogP contribution is 2.35. The van der Waals surface area contributed by atoms with Crippen molar-refractivity contribution >= 4 is 5.78 Å². The van der Waals surface area contributed by atoms with Crippen LogP contribution in [0.3, 0.4) is 0 Å². The lowest BCUT2D eigenvalue weighted by Crippen LogP contribution is -2.54. The molecule has 110 valence electrons. The zero-order valence-corrected chi connectivity index (χ0v) is 13.1. The maximum absolute atomic E-state index is 12.9. The zero-order chi connectivity index (χ0) is 13.9. The fraction of sp³-hybridized carbons (Fsp3) is 0.941. The molecule has 0 radical (unpaired) electrons. The van der Waals surface area contributed by atoms with E-state index in [0.29, 0.717) is 11.7 Å². The van der Waals surface area contributed by atoms with E-state index < -0.39 is 0 Å². The van der Waals surface area contributed by atoms with E-state index in [9.17, 15) is 4.79 Å². The Morgan fingerprint density at radius 3 is 2.16 bits per heavy atom. The van der Waals surface area contributed by atoms with Crippen molar-refractivity contribution in [3.05, 3.63) is 0 Å². The second-order valence-electron chi connectivity index (χ2n) is 7.10. The first-order chi connectivity index (χ1) is 9.05. The third-order valence-electron chi connectivity index (χ3n) is 5.54. The predicted molar refractivity (Wildman–Crippen MR) is 80.2 cm³/mol. The van der Waals surface area contributed by atoms with Crippen molar-refractivity contribution < 1.29 is 4.79 Å². The number of rotatable bonds is 4. The molecule has 1 aliphatic carbocycles. The molecule has 1 saturated heterocycles. The maximum Gasteiger partial charge on any atom is 0.155 e. The minimum absolute atomic E-state index is 0.232. The van der Waals surface area contributed by atoms with Gasteiger partial charge in [0.1, 0.15) is 0 Å². The van der Waals surface area contributed by atoms with Crippen LogP contribution in [0.2, 0.25) is 0 Å². The number of nitrogens with zero attached hydrogens (tertiary/aromatic N) is 1. The molecule has 2 fully saturated rings. The Bertz CT molecular complexity index is 296. The van der Waals surface area contributed by atoms with Crippen molar-refractivity contribution in [2.75, 3.05) is 13.1 Å². The Kier molecular flexibility index (Phi) is 5.05. The average molecular weight is 265 g/mol. The van der Waals surface area contributed by atoms with Gasteiger partial charge >= 0.3 is 0 Å². The summed E-state index contributed by atoms with van der Waals surface area (Å²) in [5, 5.41) is 0. The van der Waals surface area contributed by atoms with Crippen LogP contribution < -0.4 is 0 Å². The minimum atomic E-state index is -0.232. The summed E-state index contributed by atoms with van der Waals surface area (Å²) in [6, 6.07) is 0. The largest absolute Gasteiger partial charge is 0.297 e. The van der Waals surface area contributed by atoms with Gasteiger partial charge in [-0.25, -0.2) is 0 Å². The molecule has 0 aromatic carbocycles. The first kappa shape index (κ1) is 15.0. The molecule has 1 aliphatic heterocycles. The molecule has 2 nitrogen and oxygen atoms in total. The summed E-state index contributed by atoms with van der Waals surface area (Å²) < 4.78 is 0. The lowest BCUT2D eigenvalue weighted by Gasteiger charge is -2.42. The van der Waals surface area contributed by atoms with Gasteiger partial charge in [-0.05, 0) is 71.4 Å². The third kappa shape index (κ3) is 3.39. The lowest BCUT2D eigenvalue weighted by molar-refractivity contribution is -0.135. The normalized spacial score (nSPS) is 30.3. The Labute approximate surface area is 118 Å². The van der Waals surface area contributed by atoms with Crippen molar-refractivity contribution in [1.29, 1.82) is 0 Å². The van der Waals surface area contributed by atoms with Crippen LogP contribution >= 0.6 is 0 Å². The molecule has 0 atom stereocenters. The fourth-order valence-corrected chi connectivity index (χ4v) is 3.94. The Balaban J connectivity index is 1.94. The quantitative estimate of drug-likeness (QED) is 0.764. The van der Waals surface area contributed by atoms with Gasteiger partial charge in [-0.15, -0.1) is 0 Å². The topological polar surface area (TPSA) is 20.3 Å². The van der Waals surface area contributed by atoms with E-state index in [2.05, 4.69) is 25.7 Å². The summed E-state index contributed by atoms with van der Waals surface area (Å²) in [6.45, 7) is 8.83. The van der Waals surface area contributed by atoms with Gasteiger partial charge in [-0.3, -0.25) is 9.69 Å². The molecule has 0 bridgehead atoms. The molecular formula is C17H31NO. The third-order valence-corrected chi connectivity index (χ3v) is 5.54. The average Bonchev–Trinajstić information content (AvgIpc) is 2.47. The van der Waals surface area contributed by atoms with Crippen LogP contribution in [0, 0.1) is 11.8 Å². The first-order valence-corrected chi connectivity index (χ1v) is 8.35. The highest BCUT2D eigenvalue weighted by Gasteiger charge is 2.39. The molecule has 0 spiro atoms. The summed E-state index contributed by atoms with van der Waals surface area (Å²) >= 11 is 0. The number of ketones is 1. The van der Waals surface area contributed by atoms with Gasteiger partial charge < -0.3 is 0 Å². The van der Waals surface area contributed by atoms with E-state index in [-0.39, 0.29) is 5.54 Å². The standard InChI is InChI=1S/C17H31NO/c1-4-14-8-10-15(11-9-14)16(19)17(2,3)18-12-6-5-7-13-18/h14-15H,4-13H2,1-3H3. The Morgan fingerprint density at radius 1 is 1.05 bits per heavy atom. The molecule has 0 amide bonds. The number of carbonyl (C=O) groups is 1. The lowest BCUT2D eigenvalue weighted by atomic mass is 9.74. The minimum Gasteiger partial charge on any atom is -0.297 e. The fourth-order valence-electron chi connectivity index (χ4n) is 3.94. The molecule has 0 aromatic heterocycles. The Morgan fingerprint density at radius 2 is 1.63 bits per heavy atom. The SMILES string of the molecule is CCC1CCC(C(=O)C(C)(C)N2CCCCC2)CC1. The van der Waals surface area contributed by atoms with Crippen molar-refractivity contribution in [3.63, 3.8) is 0 Å². The summed E-state index contributed by atoms with van der Waals surface area (Å²) in [4.78, 5) is 15.3. The van der Waals surface area contributed by atoms with E-state index in [1.807, 2.05) is 0 Å².